The van der Waals surface area contributed by atoms with E-state index in [1.807, 2.05) is 37.8 Å². The molecule has 136 valence electrons. The van der Waals surface area contributed by atoms with E-state index in [0.717, 1.165) is 16.7 Å². The third kappa shape index (κ3) is 3.30. The molecule has 0 aliphatic carbocycles. The summed E-state index contributed by atoms with van der Waals surface area (Å²) < 4.78 is 27.8. The second kappa shape index (κ2) is 7.06. The van der Waals surface area contributed by atoms with Gasteiger partial charge in [-0.15, -0.1) is 0 Å². The highest BCUT2D eigenvalue weighted by Crippen LogP contribution is 2.27. The lowest BCUT2D eigenvalue weighted by Crippen LogP contribution is -2.49. The van der Waals surface area contributed by atoms with Gasteiger partial charge in [0, 0.05) is 32.4 Å². The molecule has 1 aliphatic heterocycles. The number of hydrogen-bond acceptors (Lipinski definition) is 5. The summed E-state index contributed by atoms with van der Waals surface area (Å²) >= 11 is 0. The second-order valence-electron chi connectivity index (χ2n) is 6.61. The van der Waals surface area contributed by atoms with Gasteiger partial charge in [-0.1, -0.05) is 17.7 Å². The van der Waals surface area contributed by atoms with Crippen molar-refractivity contribution >= 4 is 15.8 Å². The van der Waals surface area contributed by atoms with Crippen LogP contribution in [0.15, 0.2) is 35.4 Å². The van der Waals surface area contributed by atoms with E-state index in [1.54, 1.807) is 18.3 Å². The normalized spacial score (nSPS) is 15.7. The van der Waals surface area contributed by atoms with Crippen LogP contribution in [0.3, 0.4) is 0 Å². The SMILES string of the molecule is Cc1cc(C)c(S(=O)(=O)N2CCN(c3ncccc3C#N)CC2)c(C)c1. The maximum atomic E-state index is 13.1. The number of benzene rings is 1. The van der Waals surface area contributed by atoms with Gasteiger partial charge in [0.2, 0.25) is 10.0 Å². The maximum absolute atomic E-state index is 13.1. The highest BCUT2D eigenvalue weighted by molar-refractivity contribution is 7.89. The standard InChI is InChI=1S/C19H22N4O2S/c1-14-11-15(2)18(16(3)12-14)26(24,25)23-9-7-22(8-10-23)19-17(13-20)5-4-6-21-19/h4-6,11-12H,7-10H2,1-3H3. The molecule has 0 spiro atoms. The van der Waals surface area contributed by atoms with Crippen LogP contribution in [0.4, 0.5) is 5.82 Å². The van der Waals surface area contributed by atoms with Crippen LogP contribution in [0.25, 0.3) is 0 Å². The smallest absolute Gasteiger partial charge is 0.243 e. The van der Waals surface area contributed by atoms with Crippen molar-refractivity contribution in [3.63, 3.8) is 0 Å². The minimum absolute atomic E-state index is 0.372. The predicted octanol–water partition coefficient (Wildman–Crippen LogP) is 2.39. The Hall–Kier alpha value is -2.43. The fraction of sp³-hybridized carbons (Fsp3) is 0.368. The van der Waals surface area contributed by atoms with Gasteiger partial charge in [0.25, 0.3) is 0 Å². The molecule has 0 atom stereocenters. The topological polar surface area (TPSA) is 77.3 Å². The summed E-state index contributed by atoms with van der Waals surface area (Å²) in [4.78, 5) is 6.67. The molecular weight excluding hydrogens is 348 g/mol. The summed E-state index contributed by atoms with van der Waals surface area (Å²) in [6.45, 7) is 7.41. The Balaban J connectivity index is 1.83. The van der Waals surface area contributed by atoms with Gasteiger partial charge in [0.05, 0.1) is 10.5 Å². The van der Waals surface area contributed by atoms with Gasteiger partial charge in [-0.05, 0) is 44.0 Å². The van der Waals surface area contributed by atoms with Crippen molar-refractivity contribution in [2.24, 2.45) is 0 Å². The molecule has 26 heavy (non-hydrogen) atoms. The molecule has 0 radical (unpaired) electrons. The zero-order valence-corrected chi connectivity index (χ0v) is 16.0. The van der Waals surface area contributed by atoms with Crippen molar-refractivity contribution in [3.05, 3.63) is 52.7 Å². The van der Waals surface area contributed by atoms with Crippen molar-refractivity contribution in [1.82, 2.24) is 9.29 Å². The van der Waals surface area contributed by atoms with Crippen LogP contribution in [-0.2, 0) is 10.0 Å². The number of aromatic nitrogens is 1. The molecule has 0 bridgehead atoms. The van der Waals surface area contributed by atoms with E-state index in [-0.39, 0.29) is 0 Å². The lowest BCUT2D eigenvalue weighted by Gasteiger charge is -2.35. The largest absolute Gasteiger partial charge is 0.353 e. The zero-order chi connectivity index (χ0) is 18.9. The second-order valence-corrected chi connectivity index (χ2v) is 8.48. The van der Waals surface area contributed by atoms with Crippen LogP contribution in [-0.4, -0.2) is 43.9 Å². The fourth-order valence-corrected chi connectivity index (χ4v) is 5.41. The average Bonchev–Trinajstić information content (AvgIpc) is 2.60. The van der Waals surface area contributed by atoms with E-state index in [4.69, 9.17) is 0 Å². The quantitative estimate of drug-likeness (QED) is 0.829. The first-order valence-electron chi connectivity index (χ1n) is 8.52. The molecule has 1 aliphatic rings. The molecule has 6 nitrogen and oxygen atoms in total. The van der Waals surface area contributed by atoms with Gasteiger partial charge in [-0.2, -0.15) is 9.57 Å². The lowest BCUT2D eigenvalue weighted by atomic mass is 10.1. The van der Waals surface area contributed by atoms with Gasteiger partial charge < -0.3 is 4.90 Å². The summed E-state index contributed by atoms with van der Waals surface area (Å²) in [5.41, 5.74) is 3.12. The van der Waals surface area contributed by atoms with Gasteiger partial charge >= 0.3 is 0 Å². The van der Waals surface area contributed by atoms with Crippen molar-refractivity contribution in [1.29, 1.82) is 5.26 Å². The molecule has 0 unspecified atom stereocenters. The summed E-state index contributed by atoms with van der Waals surface area (Å²) in [5, 5.41) is 9.24. The first-order valence-corrected chi connectivity index (χ1v) is 9.96. The number of sulfonamides is 1. The monoisotopic (exact) mass is 370 g/mol. The number of aryl methyl sites for hydroxylation is 3. The predicted molar refractivity (Wildman–Crippen MR) is 101 cm³/mol. The van der Waals surface area contributed by atoms with Gasteiger partial charge in [-0.25, -0.2) is 13.4 Å². The molecule has 0 N–H and O–H groups in total. The Morgan fingerprint density at radius 3 is 2.27 bits per heavy atom. The average molecular weight is 370 g/mol. The van der Waals surface area contributed by atoms with E-state index in [0.29, 0.717) is 42.5 Å². The summed E-state index contributed by atoms with van der Waals surface area (Å²) in [6, 6.07) is 9.41. The van der Waals surface area contributed by atoms with E-state index in [2.05, 4.69) is 11.1 Å². The van der Waals surface area contributed by atoms with Crippen molar-refractivity contribution in [2.75, 3.05) is 31.1 Å². The minimum atomic E-state index is -3.54. The fourth-order valence-electron chi connectivity index (χ4n) is 3.58. The van der Waals surface area contributed by atoms with Gasteiger partial charge in [0.1, 0.15) is 11.9 Å². The van der Waals surface area contributed by atoms with Gasteiger partial charge in [-0.3, -0.25) is 0 Å². The Labute approximate surface area is 154 Å². The zero-order valence-electron chi connectivity index (χ0n) is 15.2. The molecule has 1 aromatic carbocycles. The van der Waals surface area contributed by atoms with E-state index in [9.17, 15) is 13.7 Å². The Morgan fingerprint density at radius 1 is 1.08 bits per heavy atom. The first-order chi connectivity index (χ1) is 12.3. The van der Waals surface area contributed by atoms with Crippen molar-refractivity contribution in [3.8, 4) is 6.07 Å². The minimum Gasteiger partial charge on any atom is -0.353 e. The van der Waals surface area contributed by atoms with Crippen LogP contribution in [0.5, 0.6) is 0 Å². The molecule has 1 fully saturated rings. The maximum Gasteiger partial charge on any atom is 0.243 e. The number of nitriles is 1. The highest BCUT2D eigenvalue weighted by atomic mass is 32.2. The molecule has 1 aromatic heterocycles. The molecule has 3 rings (SSSR count). The molecule has 0 amide bonds. The van der Waals surface area contributed by atoms with Crippen molar-refractivity contribution < 1.29 is 8.42 Å². The Kier molecular flexibility index (Phi) is 4.99. The number of rotatable bonds is 3. The Bertz CT molecular complexity index is 948. The highest BCUT2D eigenvalue weighted by Gasteiger charge is 2.31. The number of hydrogen-bond donors (Lipinski definition) is 0. The number of piperazine rings is 1. The molecule has 7 heteroatoms. The number of anilines is 1. The molecule has 2 heterocycles. The first kappa shape index (κ1) is 18.4. The van der Waals surface area contributed by atoms with Crippen molar-refractivity contribution in [2.45, 2.75) is 25.7 Å². The Morgan fingerprint density at radius 2 is 1.69 bits per heavy atom. The summed E-state index contributed by atoms with van der Waals surface area (Å²) in [7, 11) is -3.54. The van der Waals surface area contributed by atoms with E-state index in [1.165, 1.54) is 4.31 Å². The third-order valence-corrected chi connectivity index (χ3v) is 6.85. The van der Waals surface area contributed by atoms with E-state index >= 15 is 0 Å². The van der Waals surface area contributed by atoms with Crippen LogP contribution in [0.2, 0.25) is 0 Å². The third-order valence-electron chi connectivity index (χ3n) is 4.65. The van der Waals surface area contributed by atoms with Gasteiger partial charge in [0.15, 0.2) is 0 Å². The van der Waals surface area contributed by atoms with Crippen LogP contribution in [0.1, 0.15) is 22.3 Å². The van der Waals surface area contributed by atoms with Crippen LogP contribution in [0, 0.1) is 32.1 Å². The summed E-state index contributed by atoms with van der Waals surface area (Å²) in [5.74, 6) is 0.620. The van der Waals surface area contributed by atoms with Crippen LogP contribution >= 0.6 is 0 Å². The van der Waals surface area contributed by atoms with E-state index < -0.39 is 10.0 Å². The molecule has 1 saturated heterocycles. The molecule has 2 aromatic rings. The van der Waals surface area contributed by atoms with Crippen LogP contribution < -0.4 is 4.90 Å². The number of nitrogens with zero attached hydrogens (tertiary/aromatic N) is 4. The lowest BCUT2D eigenvalue weighted by molar-refractivity contribution is 0.383. The summed E-state index contributed by atoms with van der Waals surface area (Å²) in [6.07, 6.45) is 1.65. The molecule has 0 saturated carbocycles. The molecular formula is C19H22N4O2S. The number of pyridine rings is 1.